The lowest BCUT2D eigenvalue weighted by molar-refractivity contribution is -0.127. The molecule has 0 radical (unpaired) electrons. The first-order valence-electron chi connectivity index (χ1n) is 14.2. The SMILES string of the molecule is C[C@H]1C[C@@H]1CN(CC(=O)N(C)C)c1cc(-c2nnc([C@H]3NCCC[C@H]3c3ccccc3)o2)c(Cl)c(N(C)S(C)(=O)=O)n1. The molecule has 42 heavy (non-hydrogen) atoms. The number of rotatable bonds is 10. The van der Waals surface area contributed by atoms with Crippen LogP contribution in [0.5, 0.6) is 0 Å². The molecule has 2 fully saturated rings. The van der Waals surface area contributed by atoms with Crippen molar-refractivity contribution in [3.8, 4) is 11.5 Å². The van der Waals surface area contributed by atoms with E-state index in [9.17, 15) is 13.2 Å². The number of hydrogen-bond donors (Lipinski definition) is 1. The number of carbonyl (C=O) groups excluding carboxylic acids is 1. The molecule has 1 aliphatic heterocycles. The molecule has 3 aromatic rings. The molecular formula is C29H38ClN7O4S. The maximum atomic E-state index is 12.8. The van der Waals surface area contributed by atoms with Gasteiger partial charge in [0.2, 0.25) is 27.7 Å². The van der Waals surface area contributed by atoms with Gasteiger partial charge in [0, 0.05) is 33.6 Å². The molecule has 13 heteroatoms. The highest BCUT2D eigenvalue weighted by Crippen LogP contribution is 2.42. The topological polar surface area (TPSA) is 125 Å². The van der Waals surface area contributed by atoms with Crippen molar-refractivity contribution < 1.29 is 17.6 Å². The Balaban J connectivity index is 1.57. The second kappa shape index (κ2) is 12.2. The van der Waals surface area contributed by atoms with E-state index in [1.54, 1.807) is 20.2 Å². The molecule has 1 saturated carbocycles. The third kappa shape index (κ3) is 6.55. The zero-order chi connectivity index (χ0) is 30.2. The highest BCUT2D eigenvalue weighted by atomic mass is 35.5. The number of aromatic nitrogens is 3. The predicted molar refractivity (Wildman–Crippen MR) is 163 cm³/mol. The van der Waals surface area contributed by atoms with Crippen LogP contribution < -0.4 is 14.5 Å². The number of halogens is 1. The average molecular weight is 616 g/mol. The fraction of sp³-hybridized carbons (Fsp3) is 0.517. The maximum Gasteiger partial charge on any atom is 0.249 e. The number of benzene rings is 1. The van der Waals surface area contributed by atoms with E-state index in [1.165, 1.54) is 17.5 Å². The molecular weight excluding hydrogens is 578 g/mol. The zero-order valence-electron chi connectivity index (χ0n) is 24.6. The van der Waals surface area contributed by atoms with Crippen LogP contribution in [-0.4, -0.2) is 81.4 Å². The lowest BCUT2D eigenvalue weighted by Gasteiger charge is -2.30. The molecule has 2 aliphatic rings. The molecule has 5 rings (SSSR count). The molecule has 1 aliphatic carbocycles. The number of sulfonamides is 1. The summed E-state index contributed by atoms with van der Waals surface area (Å²) in [5.41, 5.74) is 1.54. The minimum absolute atomic E-state index is 0.0236. The fourth-order valence-electron chi connectivity index (χ4n) is 5.34. The Kier molecular flexibility index (Phi) is 8.77. The number of anilines is 2. The Hall–Kier alpha value is -3.22. The highest BCUT2D eigenvalue weighted by molar-refractivity contribution is 7.92. The number of hydrogen-bond acceptors (Lipinski definition) is 9. The molecule has 0 spiro atoms. The predicted octanol–water partition coefficient (Wildman–Crippen LogP) is 3.94. The molecule has 0 unspecified atom stereocenters. The summed E-state index contributed by atoms with van der Waals surface area (Å²) in [7, 11) is 1.08. The van der Waals surface area contributed by atoms with Crippen molar-refractivity contribution in [1.29, 1.82) is 0 Å². The van der Waals surface area contributed by atoms with Crippen LogP contribution in [0.15, 0.2) is 40.8 Å². The van der Waals surface area contributed by atoms with Crippen LogP contribution in [0, 0.1) is 11.8 Å². The zero-order valence-corrected chi connectivity index (χ0v) is 26.2. The smallest absolute Gasteiger partial charge is 0.249 e. The van der Waals surface area contributed by atoms with Gasteiger partial charge < -0.3 is 19.5 Å². The second-order valence-electron chi connectivity index (χ2n) is 11.6. The van der Waals surface area contributed by atoms with Crippen LogP contribution in [0.2, 0.25) is 5.02 Å². The first-order chi connectivity index (χ1) is 19.9. The molecule has 226 valence electrons. The lowest BCUT2D eigenvalue weighted by atomic mass is 9.85. The van der Waals surface area contributed by atoms with Crippen LogP contribution in [0.4, 0.5) is 11.6 Å². The Labute approximate surface area is 252 Å². The van der Waals surface area contributed by atoms with Crippen LogP contribution in [0.25, 0.3) is 11.5 Å². The summed E-state index contributed by atoms with van der Waals surface area (Å²) in [6.45, 7) is 3.66. The molecule has 3 heterocycles. The summed E-state index contributed by atoms with van der Waals surface area (Å²) in [5.74, 6) is 2.00. The van der Waals surface area contributed by atoms with E-state index in [0.717, 1.165) is 36.4 Å². The van der Waals surface area contributed by atoms with Crippen molar-refractivity contribution in [2.24, 2.45) is 11.8 Å². The van der Waals surface area contributed by atoms with Crippen molar-refractivity contribution in [1.82, 2.24) is 25.4 Å². The Morgan fingerprint density at radius 1 is 1.17 bits per heavy atom. The second-order valence-corrected chi connectivity index (χ2v) is 14.0. The highest BCUT2D eigenvalue weighted by Gasteiger charge is 2.36. The molecule has 0 bridgehead atoms. The molecule has 4 atom stereocenters. The maximum absolute atomic E-state index is 12.8. The largest absolute Gasteiger partial charge is 0.419 e. The van der Waals surface area contributed by atoms with E-state index in [2.05, 4.69) is 39.6 Å². The normalized spacial score (nSPS) is 22.0. The summed E-state index contributed by atoms with van der Waals surface area (Å²) < 4.78 is 32.5. The number of piperidine rings is 1. The Bertz CT molecular complexity index is 1530. The number of amides is 1. The van der Waals surface area contributed by atoms with Gasteiger partial charge in [0.15, 0.2) is 5.82 Å². The Morgan fingerprint density at radius 2 is 1.88 bits per heavy atom. The van der Waals surface area contributed by atoms with Crippen LogP contribution in [0.1, 0.15) is 49.6 Å². The van der Waals surface area contributed by atoms with E-state index >= 15 is 0 Å². The molecule has 1 saturated heterocycles. The molecule has 2 aromatic heterocycles. The molecule has 1 N–H and O–H groups in total. The summed E-state index contributed by atoms with van der Waals surface area (Å²) in [6, 6.07) is 11.8. The third-order valence-corrected chi connectivity index (χ3v) is 9.77. The summed E-state index contributed by atoms with van der Waals surface area (Å²) in [4.78, 5) is 20.9. The van der Waals surface area contributed by atoms with Gasteiger partial charge in [0.05, 0.1) is 29.4 Å². The van der Waals surface area contributed by atoms with Crippen molar-refractivity contribution in [3.05, 3.63) is 52.9 Å². The Morgan fingerprint density at radius 3 is 2.52 bits per heavy atom. The van der Waals surface area contributed by atoms with Gasteiger partial charge in [0.25, 0.3) is 0 Å². The first kappa shape index (κ1) is 30.2. The van der Waals surface area contributed by atoms with Gasteiger partial charge in [-0.3, -0.25) is 9.10 Å². The van der Waals surface area contributed by atoms with Crippen LogP contribution >= 0.6 is 11.6 Å². The number of nitrogens with zero attached hydrogens (tertiary/aromatic N) is 6. The van der Waals surface area contributed by atoms with E-state index in [0.29, 0.717) is 35.7 Å². The van der Waals surface area contributed by atoms with E-state index in [1.807, 2.05) is 23.1 Å². The quantitative estimate of drug-likeness (QED) is 0.361. The first-order valence-corrected chi connectivity index (χ1v) is 16.4. The third-order valence-electron chi connectivity index (χ3n) is 8.23. The number of pyridine rings is 1. The van der Waals surface area contributed by atoms with Gasteiger partial charge in [-0.05, 0) is 49.3 Å². The van der Waals surface area contributed by atoms with Crippen molar-refractivity contribution in [3.63, 3.8) is 0 Å². The summed E-state index contributed by atoms with van der Waals surface area (Å²) in [5, 5.41) is 12.4. The lowest BCUT2D eigenvalue weighted by Crippen LogP contribution is -2.38. The van der Waals surface area contributed by atoms with Crippen LogP contribution in [-0.2, 0) is 14.8 Å². The van der Waals surface area contributed by atoms with Crippen LogP contribution in [0.3, 0.4) is 0 Å². The standard InChI is InChI=1S/C29H38ClN7O4S/c1-18-14-20(18)16-37(17-24(38)35(2)3)23-15-22(25(30)27(32-23)36(4)42(5,39)40)28-33-34-29(41-28)26-21(12-9-13-31-26)19-10-7-6-8-11-19/h6-8,10-11,15,18,20-21,26,31H,9,12-14,16-17H2,1-5H3/t18-,20+,21-,26-/m0/s1. The van der Waals surface area contributed by atoms with Gasteiger partial charge in [-0.1, -0.05) is 48.9 Å². The van der Waals surface area contributed by atoms with Gasteiger partial charge in [0.1, 0.15) is 5.82 Å². The molecule has 11 nitrogen and oxygen atoms in total. The van der Waals surface area contributed by atoms with E-state index < -0.39 is 10.0 Å². The number of nitrogens with one attached hydrogen (secondary N) is 1. The number of likely N-dealkylation sites (N-methyl/N-ethyl adjacent to an activating group) is 1. The summed E-state index contributed by atoms with van der Waals surface area (Å²) >= 11 is 6.83. The van der Waals surface area contributed by atoms with Gasteiger partial charge in [-0.15, -0.1) is 10.2 Å². The number of carbonyl (C=O) groups is 1. The summed E-state index contributed by atoms with van der Waals surface area (Å²) in [6.07, 6.45) is 4.13. The average Bonchev–Trinajstić information content (AvgIpc) is 3.44. The van der Waals surface area contributed by atoms with E-state index in [4.69, 9.17) is 16.0 Å². The van der Waals surface area contributed by atoms with E-state index in [-0.39, 0.29) is 41.1 Å². The monoisotopic (exact) mass is 615 g/mol. The molecule has 1 aromatic carbocycles. The van der Waals surface area contributed by atoms with Crippen molar-refractivity contribution >= 4 is 39.2 Å². The van der Waals surface area contributed by atoms with Crippen molar-refractivity contribution in [2.45, 2.75) is 38.1 Å². The van der Waals surface area contributed by atoms with Gasteiger partial charge in [-0.2, -0.15) is 0 Å². The van der Waals surface area contributed by atoms with Crippen molar-refractivity contribution in [2.75, 3.05) is 56.2 Å². The van der Waals surface area contributed by atoms with Gasteiger partial charge in [-0.25, -0.2) is 13.4 Å². The fourth-order valence-corrected chi connectivity index (χ4v) is 6.14. The minimum atomic E-state index is -3.71. The minimum Gasteiger partial charge on any atom is -0.419 e. The van der Waals surface area contributed by atoms with Gasteiger partial charge >= 0.3 is 0 Å². The molecule has 1 amide bonds.